The fourth-order valence-electron chi connectivity index (χ4n) is 1.81. The maximum absolute atomic E-state index is 9.89. The second-order valence-corrected chi connectivity index (χ2v) is 5.50. The SMILES string of the molecule is OC(CNCc1ccccc1)COc1cc(Cl)ccc1Cl. The average Bonchev–Trinajstić information content (AvgIpc) is 2.49. The average molecular weight is 326 g/mol. The summed E-state index contributed by atoms with van der Waals surface area (Å²) in [5, 5.41) is 14.1. The number of nitrogens with one attached hydrogen (secondary N) is 1. The van der Waals surface area contributed by atoms with Crippen LogP contribution in [0.4, 0.5) is 0 Å². The van der Waals surface area contributed by atoms with Crippen molar-refractivity contribution in [2.24, 2.45) is 0 Å². The van der Waals surface area contributed by atoms with Crippen LogP contribution >= 0.6 is 23.2 Å². The van der Waals surface area contributed by atoms with Crippen LogP contribution in [0.15, 0.2) is 48.5 Å². The van der Waals surface area contributed by atoms with Crippen LogP contribution in [0.2, 0.25) is 10.0 Å². The lowest BCUT2D eigenvalue weighted by molar-refractivity contribution is 0.106. The maximum Gasteiger partial charge on any atom is 0.139 e. The normalized spacial score (nSPS) is 12.1. The Balaban J connectivity index is 1.72. The van der Waals surface area contributed by atoms with E-state index in [2.05, 4.69) is 5.32 Å². The predicted octanol–water partition coefficient (Wildman–Crippen LogP) is 3.52. The standard InChI is InChI=1S/C16H17Cl2NO2/c17-13-6-7-15(18)16(8-13)21-11-14(20)10-19-9-12-4-2-1-3-5-12/h1-8,14,19-20H,9-11H2. The molecular weight excluding hydrogens is 309 g/mol. The van der Waals surface area contributed by atoms with Gasteiger partial charge in [0.2, 0.25) is 0 Å². The molecule has 0 aliphatic heterocycles. The van der Waals surface area contributed by atoms with Crippen LogP contribution in [0.1, 0.15) is 5.56 Å². The zero-order chi connectivity index (χ0) is 15.1. The molecule has 0 bridgehead atoms. The minimum Gasteiger partial charge on any atom is -0.489 e. The molecule has 0 aliphatic rings. The minimum atomic E-state index is -0.622. The predicted molar refractivity (Wildman–Crippen MR) is 86.1 cm³/mol. The lowest BCUT2D eigenvalue weighted by atomic mass is 10.2. The molecule has 0 spiro atoms. The van der Waals surface area contributed by atoms with Crippen molar-refractivity contribution in [1.82, 2.24) is 5.32 Å². The number of rotatable bonds is 7. The molecule has 2 aromatic rings. The van der Waals surface area contributed by atoms with Crippen LogP contribution in [0.25, 0.3) is 0 Å². The van der Waals surface area contributed by atoms with Crippen molar-refractivity contribution in [1.29, 1.82) is 0 Å². The summed E-state index contributed by atoms with van der Waals surface area (Å²) in [5.74, 6) is 0.478. The van der Waals surface area contributed by atoms with Crippen molar-refractivity contribution in [3.63, 3.8) is 0 Å². The first-order chi connectivity index (χ1) is 10.1. The van der Waals surface area contributed by atoms with Crippen molar-refractivity contribution >= 4 is 23.2 Å². The Hall–Kier alpha value is -1.26. The lowest BCUT2D eigenvalue weighted by Crippen LogP contribution is -2.31. The number of benzene rings is 2. The third-order valence-electron chi connectivity index (χ3n) is 2.88. The van der Waals surface area contributed by atoms with E-state index in [4.69, 9.17) is 27.9 Å². The quantitative estimate of drug-likeness (QED) is 0.818. The monoisotopic (exact) mass is 325 g/mol. The summed E-state index contributed by atoms with van der Waals surface area (Å²) in [6.45, 7) is 1.30. The lowest BCUT2D eigenvalue weighted by Gasteiger charge is -2.14. The molecule has 0 aromatic heterocycles. The molecule has 0 fully saturated rings. The number of halogens is 2. The molecule has 2 aromatic carbocycles. The fourth-order valence-corrected chi connectivity index (χ4v) is 2.15. The largest absolute Gasteiger partial charge is 0.489 e. The highest BCUT2D eigenvalue weighted by atomic mass is 35.5. The molecule has 3 nitrogen and oxygen atoms in total. The van der Waals surface area contributed by atoms with E-state index >= 15 is 0 Å². The minimum absolute atomic E-state index is 0.155. The molecule has 2 rings (SSSR count). The van der Waals surface area contributed by atoms with E-state index in [9.17, 15) is 5.11 Å². The topological polar surface area (TPSA) is 41.5 Å². The van der Waals surface area contributed by atoms with Crippen molar-refractivity contribution in [2.45, 2.75) is 12.6 Å². The second kappa shape index (κ2) is 8.25. The Bertz CT molecular complexity index is 563. The summed E-state index contributed by atoms with van der Waals surface area (Å²) < 4.78 is 5.48. The molecule has 0 heterocycles. The molecule has 0 aliphatic carbocycles. The van der Waals surface area contributed by atoms with Gasteiger partial charge in [0.15, 0.2) is 0 Å². The van der Waals surface area contributed by atoms with E-state index in [1.165, 1.54) is 5.56 Å². The molecule has 2 N–H and O–H groups in total. The highest BCUT2D eigenvalue weighted by Crippen LogP contribution is 2.27. The van der Waals surface area contributed by atoms with Crippen molar-refractivity contribution in [2.75, 3.05) is 13.2 Å². The van der Waals surface area contributed by atoms with Gasteiger partial charge in [-0.2, -0.15) is 0 Å². The van der Waals surface area contributed by atoms with Gasteiger partial charge in [0.05, 0.1) is 5.02 Å². The van der Waals surface area contributed by atoms with Crippen LogP contribution in [0, 0.1) is 0 Å². The van der Waals surface area contributed by atoms with Gasteiger partial charge >= 0.3 is 0 Å². The molecule has 21 heavy (non-hydrogen) atoms. The summed E-state index contributed by atoms with van der Waals surface area (Å²) in [5.41, 5.74) is 1.17. The number of hydrogen-bond acceptors (Lipinski definition) is 3. The van der Waals surface area contributed by atoms with Gasteiger partial charge in [-0.3, -0.25) is 0 Å². The van der Waals surface area contributed by atoms with Crippen molar-refractivity contribution < 1.29 is 9.84 Å². The van der Waals surface area contributed by atoms with E-state index in [0.29, 0.717) is 28.9 Å². The second-order valence-electron chi connectivity index (χ2n) is 4.66. The number of aliphatic hydroxyl groups excluding tert-OH is 1. The van der Waals surface area contributed by atoms with E-state index < -0.39 is 6.10 Å². The summed E-state index contributed by atoms with van der Waals surface area (Å²) in [6, 6.07) is 15.0. The molecule has 112 valence electrons. The van der Waals surface area contributed by atoms with Crippen LogP contribution in [0.5, 0.6) is 5.75 Å². The molecule has 0 saturated carbocycles. The third kappa shape index (κ3) is 5.56. The first-order valence-electron chi connectivity index (χ1n) is 6.65. The molecule has 1 atom stereocenters. The van der Waals surface area contributed by atoms with E-state index in [1.807, 2.05) is 30.3 Å². The summed E-state index contributed by atoms with van der Waals surface area (Å²) >= 11 is 11.9. The molecule has 1 unspecified atom stereocenters. The first kappa shape index (κ1) is 16.1. The van der Waals surface area contributed by atoms with E-state index in [1.54, 1.807) is 18.2 Å². The van der Waals surface area contributed by atoms with Crippen molar-refractivity contribution in [3.8, 4) is 5.75 Å². The highest BCUT2D eigenvalue weighted by molar-refractivity contribution is 6.34. The van der Waals surface area contributed by atoms with Gasteiger partial charge in [-0.15, -0.1) is 0 Å². The molecule has 0 saturated heterocycles. The van der Waals surface area contributed by atoms with Gasteiger partial charge in [0, 0.05) is 24.2 Å². The van der Waals surface area contributed by atoms with Gasteiger partial charge in [-0.1, -0.05) is 53.5 Å². The molecule has 0 amide bonds. The van der Waals surface area contributed by atoms with Crippen LogP contribution in [-0.2, 0) is 6.54 Å². The smallest absolute Gasteiger partial charge is 0.139 e. The Morgan fingerprint density at radius 3 is 2.62 bits per heavy atom. The molecule has 0 radical (unpaired) electrons. The zero-order valence-electron chi connectivity index (χ0n) is 11.4. The summed E-state index contributed by atoms with van der Waals surface area (Å²) in [7, 11) is 0. The Morgan fingerprint density at radius 2 is 1.86 bits per heavy atom. The van der Waals surface area contributed by atoms with E-state index in [0.717, 1.165) is 0 Å². The number of ether oxygens (including phenoxy) is 1. The van der Waals surface area contributed by atoms with Gasteiger partial charge in [-0.25, -0.2) is 0 Å². The fraction of sp³-hybridized carbons (Fsp3) is 0.250. The molecule has 5 heteroatoms. The highest BCUT2D eigenvalue weighted by Gasteiger charge is 2.08. The first-order valence-corrected chi connectivity index (χ1v) is 7.41. The van der Waals surface area contributed by atoms with Crippen LogP contribution in [-0.4, -0.2) is 24.4 Å². The summed E-state index contributed by atoms with van der Waals surface area (Å²) in [4.78, 5) is 0. The number of aliphatic hydroxyl groups is 1. The maximum atomic E-state index is 9.89. The third-order valence-corrected chi connectivity index (χ3v) is 3.42. The van der Waals surface area contributed by atoms with Gasteiger partial charge in [0.1, 0.15) is 18.5 Å². The Labute approximate surface area is 134 Å². The van der Waals surface area contributed by atoms with Gasteiger partial charge in [0.25, 0.3) is 0 Å². The van der Waals surface area contributed by atoms with Gasteiger partial charge < -0.3 is 15.2 Å². The van der Waals surface area contributed by atoms with Gasteiger partial charge in [-0.05, 0) is 17.7 Å². The Morgan fingerprint density at radius 1 is 1.10 bits per heavy atom. The Kier molecular flexibility index (Phi) is 6.33. The molecular formula is C16H17Cl2NO2. The summed E-state index contributed by atoms with van der Waals surface area (Å²) in [6.07, 6.45) is -0.622. The van der Waals surface area contributed by atoms with E-state index in [-0.39, 0.29) is 6.61 Å². The van der Waals surface area contributed by atoms with Crippen LogP contribution in [0.3, 0.4) is 0 Å². The van der Waals surface area contributed by atoms with Crippen LogP contribution < -0.4 is 10.1 Å². The zero-order valence-corrected chi connectivity index (χ0v) is 12.9. The number of hydrogen-bond donors (Lipinski definition) is 2. The van der Waals surface area contributed by atoms with Crippen molar-refractivity contribution in [3.05, 3.63) is 64.1 Å².